The first kappa shape index (κ1) is 14.8. The van der Waals surface area contributed by atoms with Crippen LogP contribution in [0.2, 0.25) is 5.02 Å². The summed E-state index contributed by atoms with van der Waals surface area (Å²) in [5, 5.41) is 4.83. The van der Waals surface area contributed by atoms with Gasteiger partial charge in [-0.1, -0.05) is 36.6 Å². The number of amides is 1. The van der Waals surface area contributed by atoms with Crippen LogP contribution in [0.5, 0.6) is 0 Å². The molecule has 0 saturated heterocycles. The zero-order valence-electron chi connectivity index (χ0n) is 13.3. The third kappa shape index (κ3) is 2.36. The number of fused-ring (bicyclic) bond motifs is 2. The fraction of sp³-hybridized carbons (Fsp3) is 0.444. The molecule has 1 fully saturated rings. The highest BCUT2D eigenvalue weighted by atomic mass is 35.5. The lowest BCUT2D eigenvalue weighted by molar-refractivity contribution is -0.118. The van der Waals surface area contributed by atoms with Crippen molar-refractivity contribution in [1.29, 1.82) is 0 Å². The first-order valence-corrected chi connectivity index (χ1v) is 8.54. The summed E-state index contributed by atoms with van der Waals surface area (Å²) in [6, 6.07) is 6.05. The number of anilines is 1. The van der Waals surface area contributed by atoms with Gasteiger partial charge in [-0.15, -0.1) is 0 Å². The number of aryl methyl sites for hydroxylation is 1. The molecule has 2 heterocycles. The Kier molecular flexibility index (Phi) is 3.45. The van der Waals surface area contributed by atoms with Gasteiger partial charge in [-0.05, 0) is 30.0 Å². The molecule has 1 aromatic heterocycles. The van der Waals surface area contributed by atoms with Crippen molar-refractivity contribution in [2.24, 2.45) is 7.05 Å². The van der Waals surface area contributed by atoms with Crippen LogP contribution < -0.4 is 4.90 Å². The van der Waals surface area contributed by atoms with Crippen LogP contribution in [-0.2, 0) is 23.7 Å². The van der Waals surface area contributed by atoms with Crippen molar-refractivity contribution in [2.45, 2.75) is 37.5 Å². The van der Waals surface area contributed by atoms with Crippen molar-refractivity contribution in [3.05, 3.63) is 46.7 Å². The van der Waals surface area contributed by atoms with E-state index in [4.69, 9.17) is 11.6 Å². The molecule has 1 aromatic carbocycles. The highest BCUT2D eigenvalue weighted by Gasteiger charge is 2.46. The minimum absolute atomic E-state index is 0.108. The lowest BCUT2D eigenvalue weighted by Gasteiger charge is -2.24. The van der Waals surface area contributed by atoms with E-state index in [9.17, 15) is 4.79 Å². The number of benzene rings is 1. The Morgan fingerprint density at radius 2 is 2.13 bits per heavy atom. The molecular weight excluding hydrogens is 310 g/mol. The zero-order chi connectivity index (χ0) is 16.0. The third-order valence-corrected chi connectivity index (χ3v) is 5.57. The number of carbonyl (C=O) groups is 1. The summed E-state index contributed by atoms with van der Waals surface area (Å²) in [5.74, 6) is 0.108. The fourth-order valence-corrected chi connectivity index (χ4v) is 4.49. The summed E-state index contributed by atoms with van der Waals surface area (Å²) in [7, 11) is 1.86. The van der Waals surface area contributed by atoms with E-state index >= 15 is 0 Å². The molecule has 0 atom stereocenters. The maximum atomic E-state index is 12.9. The van der Waals surface area contributed by atoms with Crippen LogP contribution in [-0.4, -0.2) is 22.2 Å². The van der Waals surface area contributed by atoms with E-state index in [2.05, 4.69) is 11.2 Å². The number of aromatic nitrogens is 2. The molecule has 23 heavy (non-hydrogen) atoms. The smallest absolute Gasteiger partial charge is 0.231 e. The van der Waals surface area contributed by atoms with Crippen LogP contribution in [0.25, 0.3) is 0 Å². The van der Waals surface area contributed by atoms with Crippen molar-refractivity contribution in [3.8, 4) is 0 Å². The Hall–Kier alpha value is -1.81. The van der Waals surface area contributed by atoms with Gasteiger partial charge in [0.25, 0.3) is 0 Å². The molecule has 0 bridgehead atoms. The quantitative estimate of drug-likeness (QED) is 0.846. The number of carbonyl (C=O) groups excluding carboxylic acids is 1. The van der Waals surface area contributed by atoms with E-state index in [0.29, 0.717) is 11.4 Å². The summed E-state index contributed by atoms with van der Waals surface area (Å²) < 4.78 is 1.73. The first-order valence-electron chi connectivity index (χ1n) is 8.16. The van der Waals surface area contributed by atoms with E-state index in [1.54, 1.807) is 10.9 Å². The third-order valence-electron chi connectivity index (χ3n) is 5.26. The van der Waals surface area contributed by atoms with Gasteiger partial charge in [0.15, 0.2) is 0 Å². The van der Waals surface area contributed by atoms with Crippen LogP contribution in [0.15, 0.2) is 30.6 Å². The van der Waals surface area contributed by atoms with Gasteiger partial charge >= 0.3 is 0 Å². The Morgan fingerprint density at radius 3 is 2.83 bits per heavy atom. The molecule has 1 saturated carbocycles. The number of halogens is 1. The SMILES string of the molecule is Cn1cc(CC(=O)N2CC3(CCCC3)c3cccc(Cl)c32)cn1. The van der Waals surface area contributed by atoms with E-state index < -0.39 is 0 Å². The second-order valence-corrected chi connectivity index (χ2v) is 7.21. The van der Waals surface area contributed by atoms with Gasteiger partial charge < -0.3 is 4.90 Å². The molecule has 0 radical (unpaired) electrons. The van der Waals surface area contributed by atoms with Gasteiger partial charge in [0.1, 0.15) is 0 Å². The van der Waals surface area contributed by atoms with Gasteiger partial charge in [-0.25, -0.2) is 0 Å². The second kappa shape index (κ2) is 5.38. The second-order valence-electron chi connectivity index (χ2n) is 6.80. The molecule has 0 N–H and O–H groups in total. The van der Waals surface area contributed by atoms with E-state index in [0.717, 1.165) is 30.6 Å². The molecular formula is C18H20ClN3O. The van der Waals surface area contributed by atoms with Gasteiger partial charge in [-0.2, -0.15) is 5.10 Å². The maximum absolute atomic E-state index is 12.9. The van der Waals surface area contributed by atoms with Gasteiger partial charge in [0.2, 0.25) is 5.91 Å². The number of hydrogen-bond acceptors (Lipinski definition) is 2. The predicted octanol–water partition coefficient (Wildman–Crippen LogP) is 3.47. The average Bonchev–Trinajstić information content (AvgIpc) is 3.22. The lowest BCUT2D eigenvalue weighted by atomic mass is 9.81. The fourth-order valence-electron chi connectivity index (χ4n) is 4.21. The first-order chi connectivity index (χ1) is 11.1. The number of para-hydroxylation sites is 1. The van der Waals surface area contributed by atoms with Crippen LogP contribution in [0, 0.1) is 0 Å². The standard InChI is InChI=1S/C18H20ClN3O/c1-21-11-13(10-20-21)9-16(23)22-12-18(7-2-3-8-18)14-5-4-6-15(19)17(14)22/h4-6,10-11H,2-3,7-9,12H2,1H3. The minimum Gasteiger partial charge on any atom is -0.309 e. The Balaban J connectivity index is 1.69. The Labute approximate surface area is 141 Å². The van der Waals surface area contributed by atoms with Crippen molar-refractivity contribution in [2.75, 3.05) is 11.4 Å². The molecule has 4 nitrogen and oxygen atoms in total. The molecule has 1 aliphatic heterocycles. The van der Waals surface area contributed by atoms with E-state index in [1.807, 2.05) is 30.3 Å². The molecule has 1 amide bonds. The zero-order valence-corrected chi connectivity index (χ0v) is 14.0. The lowest BCUT2D eigenvalue weighted by Crippen LogP contribution is -2.36. The molecule has 1 aliphatic carbocycles. The van der Waals surface area contributed by atoms with Crippen molar-refractivity contribution >= 4 is 23.2 Å². The van der Waals surface area contributed by atoms with E-state index in [1.165, 1.54) is 18.4 Å². The highest BCUT2D eigenvalue weighted by Crippen LogP contribution is 2.52. The maximum Gasteiger partial charge on any atom is 0.231 e. The molecule has 2 aromatic rings. The molecule has 5 heteroatoms. The summed E-state index contributed by atoms with van der Waals surface area (Å²) in [5.41, 5.74) is 3.26. The summed E-state index contributed by atoms with van der Waals surface area (Å²) in [6.07, 6.45) is 8.79. The van der Waals surface area contributed by atoms with E-state index in [-0.39, 0.29) is 11.3 Å². The van der Waals surface area contributed by atoms with Gasteiger partial charge in [0.05, 0.1) is 23.3 Å². The predicted molar refractivity (Wildman–Crippen MR) is 90.9 cm³/mol. The average molecular weight is 330 g/mol. The van der Waals surface area contributed by atoms with Crippen LogP contribution in [0.3, 0.4) is 0 Å². The number of rotatable bonds is 2. The highest BCUT2D eigenvalue weighted by molar-refractivity contribution is 6.34. The molecule has 1 spiro atoms. The molecule has 120 valence electrons. The molecule has 4 rings (SSSR count). The van der Waals surface area contributed by atoms with Crippen LogP contribution in [0.4, 0.5) is 5.69 Å². The number of nitrogens with zero attached hydrogens (tertiary/aromatic N) is 3. The van der Waals surface area contributed by atoms with Gasteiger partial charge in [0, 0.05) is 25.2 Å². The minimum atomic E-state index is 0.108. The Morgan fingerprint density at radius 1 is 1.35 bits per heavy atom. The largest absolute Gasteiger partial charge is 0.309 e. The van der Waals surface area contributed by atoms with Crippen LogP contribution in [0.1, 0.15) is 36.8 Å². The summed E-state index contributed by atoms with van der Waals surface area (Å²) in [4.78, 5) is 14.8. The van der Waals surface area contributed by atoms with Crippen molar-refractivity contribution in [1.82, 2.24) is 9.78 Å². The van der Waals surface area contributed by atoms with Crippen molar-refractivity contribution in [3.63, 3.8) is 0 Å². The molecule has 0 unspecified atom stereocenters. The normalized spacial score (nSPS) is 18.6. The number of hydrogen-bond donors (Lipinski definition) is 0. The molecule has 2 aliphatic rings. The monoisotopic (exact) mass is 329 g/mol. The Bertz CT molecular complexity index is 761. The van der Waals surface area contributed by atoms with Crippen LogP contribution >= 0.6 is 11.6 Å². The summed E-state index contributed by atoms with van der Waals surface area (Å²) >= 11 is 6.47. The van der Waals surface area contributed by atoms with Crippen molar-refractivity contribution < 1.29 is 4.79 Å². The van der Waals surface area contributed by atoms with Gasteiger partial charge in [-0.3, -0.25) is 9.48 Å². The summed E-state index contributed by atoms with van der Waals surface area (Å²) in [6.45, 7) is 0.769. The topological polar surface area (TPSA) is 38.1 Å².